The molecule has 6 heteroatoms. The van der Waals surface area contributed by atoms with Crippen molar-refractivity contribution in [2.75, 3.05) is 0 Å². The number of fused-ring (bicyclic) bond motifs is 1. The van der Waals surface area contributed by atoms with E-state index in [9.17, 15) is 13.2 Å². The van der Waals surface area contributed by atoms with Gasteiger partial charge in [0.15, 0.2) is 0 Å². The average Bonchev–Trinajstić information content (AvgIpc) is 3.11. The van der Waals surface area contributed by atoms with Crippen molar-refractivity contribution in [2.45, 2.75) is 25.4 Å². The number of hydrogen-bond acceptors (Lipinski definition) is 2. The van der Waals surface area contributed by atoms with Gasteiger partial charge in [-0.25, -0.2) is 0 Å². The molecule has 4 rings (SSSR count). The Bertz CT molecular complexity index is 1170. The van der Waals surface area contributed by atoms with Crippen LogP contribution in [0, 0.1) is 0 Å². The minimum absolute atomic E-state index is 0.215. The van der Waals surface area contributed by atoms with Gasteiger partial charge < -0.3 is 0 Å². The van der Waals surface area contributed by atoms with Gasteiger partial charge in [0.1, 0.15) is 0 Å². The first kappa shape index (κ1) is 19.9. The van der Waals surface area contributed by atoms with E-state index in [1.54, 1.807) is 17.4 Å². The first-order valence-electron chi connectivity index (χ1n) is 9.11. The van der Waals surface area contributed by atoms with Crippen molar-refractivity contribution < 1.29 is 13.2 Å². The van der Waals surface area contributed by atoms with Gasteiger partial charge in [-0.2, -0.15) is 13.2 Å². The van der Waals surface area contributed by atoms with Gasteiger partial charge in [-0.1, -0.05) is 48.0 Å². The smallest absolute Gasteiger partial charge is 0.256 e. The number of pyridine rings is 1. The molecule has 2 aromatic heterocycles. The molecular weight excluding hydrogens is 415 g/mol. The maximum Gasteiger partial charge on any atom is 0.395 e. The molecule has 29 heavy (non-hydrogen) atoms. The van der Waals surface area contributed by atoms with Gasteiger partial charge in [-0.15, -0.1) is 11.3 Å². The molecule has 2 heterocycles. The minimum atomic E-state index is -4.28. The third kappa shape index (κ3) is 4.16. The molecule has 0 aliphatic heterocycles. The summed E-state index contributed by atoms with van der Waals surface area (Å²) in [6.45, 7) is 1.17. The number of benzene rings is 2. The van der Waals surface area contributed by atoms with Gasteiger partial charge >= 0.3 is 6.18 Å². The zero-order valence-corrected chi connectivity index (χ0v) is 17.1. The second kappa shape index (κ2) is 7.81. The lowest BCUT2D eigenvalue weighted by molar-refractivity contribution is -0.146. The van der Waals surface area contributed by atoms with E-state index >= 15 is 0 Å². The summed E-state index contributed by atoms with van der Waals surface area (Å²) >= 11 is 7.91. The van der Waals surface area contributed by atoms with E-state index in [2.05, 4.69) is 11.1 Å². The fraction of sp³-hybridized carbons (Fsp3) is 0.174. The van der Waals surface area contributed by atoms with Crippen molar-refractivity contribution in [2.24, 2.45) is 0 Å². The Morgan fingerprint density at radius 1 is 1.03 bits per heavy atom. The summed E-state index contributed by atoms with van der Waals surface area (Å²) in [5.74, 6) is -1.54. The van der Waals surface area contributed by atoms with Crippen molar-refractivity contribution >= 4 is 33.0 Å². The van der Waals surface area contributed by atoms with E-state index in [-0.39, 0.29) is 5.56 Å². The van der Waals surface area contributed by atoms with Gasteiger partial charge in [-0.3, -0.25) is 4.98 Å². The van der Waals surface area contributed by atoms with Crippen LogP contribution in [0.15, 0.2) is 66.9 Å². The monoisotopic (exact) mass is 431 g/mol. The summed E-state index contributed by atoms with van der Waals surface area (Å²) in [5, 5.41) is 1.77. The summed E-state index contributed by atoms with van der Waals surface area (Å²) in [5.41, 5.74) is 2.65. The predicted octanol–water partition coefficient (Wildman–Crippen LogP) is 7.87. The molecule has 148 valence electrons. The molecule has 0 radical (unpaired) electrons. The lowest BCUT2D eigenvalue weighted by Crippen LogP contribution is -2.17. The van der Waals surface area contributed by atoms with Gasteiger partial charge in [0.25, 0.3) is 0 Å². The summed E-state index contributed by atoms with van der Waals surface area (Å²) < 4.78 is 40.4. The topological polar surface area (TPSA) is 12.9 Å². The highest BCUT2D eigenvalue weighted by molar-refractivity contribution is 7.19. The maximum atomic E-state index is 13.1. The van der Waals surface area contributed by atoms with Crippen LogP contribution >= 0.6 is 22.9 Å². The molecular formula is C23H17ClF3NS. The molecule has 0 bridgehead atoms. The number of alkyl halides is 3. The standard InChI is InChI=1S/C23H17ClF3NS/c1-14(23(25,26)27)15-9-10-28-21(13-15)19-7-4-6-17-12-18(29-22(17)19)11-16-5-2-3-8-20(16)24/h2-10,12-14H,11H2,1H3. The highest BCUT2D eigenvalue weighted by atomic mass is 35.5. The third-order valence-electron chi connectivity index (χ3n) is 4.97. The van der Waals surface area contributed by atoms with Crippen LogP contribution in [0.5, 0.6) is 0 Å². The van der Waals surface area contributed by atoms with Crippen molar-refractivity contribution in [1.82, 2.24) is 4.98 Å². The molecule has 0 aliphatic rings. The summed E-state index contributed by atoms with van der Waals surface area (Å²) in [6.07, 6.45) is -2.13. The Morgan fingerprint density at radius 2 is 1.83 bits per heavy atom. The van der Waals surface area contributed by atoms with E-state index in [1.165, 1.54) is 19.2 Å². The lowest BCUT2D eigenvalue weighted by Gasteiger charge is -2.16. The van der Waals surface area contributed by atoms with E-state index < -0.39 is 12.1 Å². The zero-order valence-electron chi connectivity index (χ0n) is 15.5. The number of rotatable bonds is 4. The Balaban J connectivity index is 1.74. The summed E-state index contributed by atoms with van der Waals surface area (Å²) in [6, 6.07) is 18.6. The van der Waals surface area contributed by atoms with Crippen LogP contribution in [0.25, 0.3) is 21.3 Å². The van der Waals surface area contributed by atoms with Crippen molar-refractivity contribution in [1.29, 1.82) is 0 Å². The molecule has 1 atom stereocenters. The van der Waals surface area contributed by atoms with Crippen LogP contribution in [0.1, 0.15) is 28.8 Å². The molecule has 0 spiro atoms. The summed E-state index contributed by atoms with van der Waals surface area (Å²) in [4.78, 5) is 5.49. The molecule has 0 aliphatic carbocycles. The van der Waals surface area contributed by atoms with E-state index in [1.807, 2.05) is 42.5 Å². The first-order chi connectivity index (χ1) is 13.8. The van der Waals surface area contributed by atoms with E-state index in [0.29, 0.717) is 12.1 Å². The fourth-order valence-electron chi connectivity index (χ4n) is 3.29. The largest absolute Gasteiger partial charge is 0.395 e. The van der Waals surface area contributed by atoms with Gasteiger partial charge in [-0.05, 0) is 47.7 Å². The third-order valence-corrected chi connectivity index (χ3v) is 6.52. The van der Waals surface area contributed by atoms with Gasteiger partial charge in [0.05, 0.1) is 11.6 Å². The molecule has 1 nitrogen and oxygen atoms in total. The Labute approximate surface area is 175 Å². The maximum absolute atomic E-state index is 13.1. The van der Waals surface area contributed by atoms with Crippen molar-refractivity contribution in [3.8, 4) is 11.3 Å². The number of thiophene rings is 1. The highest BCUT2D eigenvalue weighted by Crippen LogP contribution is 2.38. The molecule has 0 amide bonds. The predicted molar refractivity (Wildman–Crippen MR) is 114 cm³/mol. The van der Waals surface area contributed by atoms with Gasteiger partial charge in [0, 0.05) is 32.8 Å². The van der Waals surface area contributed by atoms with Crippen LogP contribution < -0.4 is 0 Å². The normalized spacial score (nSPS) is 13.0. The molecule has 2 aromatic carbocycles. The second-order valence-corrected chi connectivity index (χ2v) is 8.49. The molecule has 0 saturated carbocycles. The highest BCUT2D eigenvalue weighted by Gasteiger charge is 2.37. The molecule has 0 saturated heterocycles. The lowest BCUT2D eigenvalue weighted by atomic mass is 9.99. The van der Waals surface area contributed by atoms with Crippen LogP contribution in [0.4, 0.5) is 13.2 Å². The number of hydrogen-bond donors (Lipinski definition) is 0. The number of nitrogens with zero attached hydrogens (tertiary/aromatic N) is 1. The van der Waals surface area contributed by atoms with Crippen LogP contribution in [-0.2, 0) is 6.42 Å². The fourth-order valence-corrected chi connectivity index (χ4v) is 4.69. The Hall–Kier alpha value is -2.37. The van der Waals surface area contributed by atoms with E-state index in [4.69, 9.17) is 11.6 Å². The van der Waals surface area contributed by atoms with Crippen LogP contribution in [0.3, 0.4) is 0 Å². The molecule has 0 fully saturated rings. The first-order valence-corrected chi connectivity index (χ1v) is 10.3. The molecule has 4 aromatic rings. The average molecular weight is 432 g/mol. The van der Waals surface area contributed by atoms with Crippen LogP contribution in [0.2, 0.25) is 5.02 Å². The van der Waals surface area contributed by atoms with Crippen LogP contribution in [-0.4, -0.2) is 11.2 Å². The van der Waals surface area contributed by atoms with Crippen molar-refractivity contribution in [3.63, 3.8) is 0 Å². The Morgan fingerprint density at radius 3 is 2.59 bits per heavy atom. The minimum Gasteiger partial charge on any atom is -0.256 e. The SMILES string of the molecule is CC(c1ccnc(-c2cccc3cc(Cc4ccccc4Cl)sc23)c1)C(F)(F)F. The van der Waals surface area contributed by atoms with Gasteiger partial charge in [0.2, 0.25) is 0 Å². The Kier molecular flexibility index (Phi) is 5.36. The zero-order chi connectivity index (χ0) is 20.6. The molecule has 1 unspecified atom stereocenters. The summed E-state index contributed by atoms with van der Waals surface area (Å²) in [7, 11) is 0. The number of aromatic nitrogens is 1. The quantitative estimate of drug-likeness (QED) is 0.320. The second-order valence-electron chi connectivity index (χ2n) is 6.94. The molecule has 0 N–H and O–H groups in total. The number of halogens is 4. The van der Waals surface area contributed by atoms with Crippen molar-refractivity contribution in [3.05, 3.63) is 87.9 Å². The van der Waals surface area contributed by atoms with E-state index in [0.717, 1.165) is 31.1 Å².